The topological polar surface area (TPSA) is 33.6 Å². The van der Waals surface area contributed by atoms with Crippen LogP contribution in [0.1, 0.15) is 32.6 Å². The Kier molecular flexibility index (Phi) is 4.42. The van der Waals surface area contributed by atoms with Crippen molar-refractivity contribution in [3.63, 3.8) is 0 Å². The predicted molar refractivity (Wildman–Crippen MR) is 72.0 cm³/mol. The first-order chi connectivity index (χ1) is 8.38. The number of rotatable bonds is 4. The smallest absolute Gasteiger partial charge is 0.119 e. The van der Waals surface area contributed by atoms with E-state index in [1.165, 1.54) is 12.8 Å². The highest BCUT2D eigenvalue weighted by Gasteiger charge is 2.05. The highest BCUT2D eigenvalue weighted by molar-refractivity contribution is 5.95. The van der Waals surface area contributed by atoms with E-state index in [2.05, 4.69) is 17.2 Å². The van der Waals surface area contributed by atoms with Crippen LogP contribution in [0.3, 0.4) is 0 Å². The van der Waals surface area contributed by atoms with E-state index in [-0.39, 0.29) is 0 Å². The maximum Gasteiger partial charge on any atom is 0.119 e. The van der Waals surface area contributed by atoms with Crippen LogP contribution < -0.4 is 10.1 Å². The molecule has 0 atom stereocenters. The molecule has 2 rings (SSSR count). The van der Waals surface area contributed by atoms with Crippen LogP contribution in [0.15, 0.2) is 29.3 Å². The van der Waals surface area contributed by atoms with Crippen molar-refractivity contribution in [1.82, 2.24) is 0 Å². The SMILES string of the molecule is CCCOc1ccc(NC2=NCCCC2)cc1. The normalized spacial score (nSPS) is 15.2. The molecule has 1 heterocycles. The number of ether oxygens (including phenoxy) is 1. The standard InChI is InChI=1S/C14H20N2O/c1-2-11-17-13-8-6-12(7-9-13)16-14-5-3-4-10-15-14/h6-9H,2-5,10-11H2,1H3,(H,15,16). The van der Waals surface area contributed by atoms with Gasteiger partial charge in [-0.1, -0.05) is 6.92 Å². The number of nitrogens with zero attached hydrogens (tertiary/aromatic N) is 1. The molecule has 1 aliphatic heterocycles. The van der Waals surface area contributed by atoms with Gasteiger partial charge in [0.25, 0.3) is 0 Å². The molecule has 1 aliphatic rings. The second-order valence-corrected chi connectivity index (χ2v) is 4.28. The van der Waals surface area contributed by atoms with E-state index < -0.39 is 0 Å². The van der Waals surface area contributed by atoms with Crippen molar-refractivity contribution in [3.8, 4) is 5.75 Å². The van der Waals surface area contributed by atoms with Crippen molar-refractivity contribution in [1.29, 1.82) is 0 Å². The number of hydrogen-bond acceptors (Lipinski definition) is 3. The maximum absolute atomic E-state index is 5.54. The van der Waals surface area contributed by atoms with Crippen LogP contribution in [0.25, 0.3) is 0 Å². The fourth-order valence-corrected chi connectivity index (χ4v) is 1.82. The van der Waals surface area contributed by atoms with Crippen LogP contribution in [0, 0.1) is 0 Å². The molecule has 0 aliphatic carbocycles. The molecule has 92 valence electrons. The molecule has 0 spiro atoms. The van der Waals surface area contributed by atoms with Gasteiger partial charge in [0.2, 0.25) is 0 Å². The molecule has 1 N–H and O–H groups in total. The summed E-state index contributed by atoms with van der Waals surface area (Å²) in [7, 11) is 0. The number of amidine groups is 1. The maximum atomic E-state index is 5.54. The fourth-order valence-electron chi connectivity index (χ4n) is 1.82. The molecule has 1 aromatic rings. The van der Waals surface area contributed by atoms with E-state index >= 15 is 0 Å². The minimum atomic E-state index is 0.777. The van der Waals surface area contributed by atoms with Crippen LogP contribution in [-0.4, -0.2) is 19.0 Å². The average molecular weight is 232 g/mol. The van der Waals surface area contributed by atoms with E-state index in [9.17, 15) is 0 Å². The molecule has 0 saturated heterocycles. The third-order valence-corrected chi connectivity index (χ3v) is 2.74. The third kappa shape index (κ3) is 3.77. The summed E-state index contributed by atoms with van der Waals surface area (Å²) in [6, 6.07) is 8.09. The Bertz CT molecular complexity index is 370. The van der Waals surface area contributed by atoms with Crippen molar-refractivity contribution in [2.45, 2.75) is 32.6 Å². The van der Waals surface area contributed by atoms with Crippen molar-refractivity contribution in [2.75, 3.05) is 18.5 Å². The lowest BCUT2D eigenvalue weighted by atomic mass is 10.2. The van der Waals surface area contributed by atoms with Crippen LogP contribution >= 0.6 is 0 Å². The van der Waals surface area contributed by atoms with Crippen molar-refractivity contribution in [2.24, 2.45) is 4.99 Å². The van der Waals surface area contributed by atoms with Gasteiger partial charge in [-0.05, 0) is 43.5 Å². The van der Waals surface area contributed by atoms with E-state index in [1.54, 1.807) is 0 Å². The van der Waals surface area contributed by atoms with Crippen LogP contribution in [0.5, 0.6) is 5.75 Å². The minimum Gasteiger partial charge on any atom is -0.494 e. The van der Waals surface area contributed by atoms with Crippen LogP contribution in [0.2, 0.25) is 0 Å². The summed E-state index contributed by atoms with van der Waals surface area (Å²) >= 11 is 0. The van der Waals surface area contributed by atoms with E-state index in [0.29, 0.717) is 0 Å². The second-order valence-electron chi connectivity index (χ2n) is 4.28. The number of nitrogens with one attached hydrogen (secondary N) is 1. The van der Waals surface area contributed by atoms with Gasteiger partial charge in [0.15, 0.2) is 0 Å². The largest absolute Gasteiger partial charge is 0.494 e. The number of anilines is 1. The number of hydrogen-bond donors (Lipinski definition) is 1. The molecule has 0 radical (unpaired) electrons. The molecule has 3 heteroatoms. The molecule has 3 nitrogen and oxygen atoms in total. The highest BCUT2D eigenvalue weighted by Crippen LogP contribution is 2.17. The van der Waals surface area contributed by atoms with E-state index in [0.717, 1.165) is 43.3 Å². The Hall–Kier alpha value is -1.51. The molecular formula is C14H20N2O. The Balaban J connectivity index is 1.91. The van der Waals surface area contributed by atoms with Crippen molar-refractivity contribution < 1.29 is 4.74 Å². The van der Waals surface area contributed by atoms with Gasteiger partial charge >= 0.3 is 0 Å². The minimum absolute atomic E-state index is 0.777. The summed E-state index contributed by atoms with van der Waals surface area (Å²) in [5, 5.41) is 3.36. The van der Waals surface area contributed by atoms with Crippen LogP contribution in [0.4, 0.5) is 5.69 Å². The molecule has 0 saturated carbocycles. The lowest BCUT2D eigenvalue weighted by Gasteiger charge is -2.14. The fraction of sp³-hybridized carbons (Fsp3) is 0.500. The van der Waals surface area contributed by atoms with Gasteiger partial charge < -0.3 is 10.1 Å². The lowest BCUT2D eigenvalue weighted by Crippen LogP contribution is -2.15. The van der Waals surface area contributed by atoms with Gasteiger partial charge in [-0.15, -0.1) is 0 Å². The number of benzene rings is 1. The van der Waals surface area contributed by atoms with Gasteiger partial charge in [0.1, 0.15) is 11.6 Å². The highest BCUT2D eigenvalue weighted by atomic mass is 16.5. The van der Waals surface area contributed by atoms with Crippen molar-refractivity contribution >= 4 is 11.5 Å². The van der Waals surface area contributed by atoms with Gasteiger partial charge in [0, 0.05) is 18.7 Å². The van der Waals surface area contributed by atoms with Gasteiger partial charge in [0.05, 0.1) is 6.61 Å². The third-order valence-electron chi connectivity index (χ3n) is 2.74. The molecule has 17 heavy (non-hydrogen) atoms. The molecule has 1 aromatic carbocycles. The Labute approximate surface area is 103 Å². The predicted octanol–water partition coefficient (Wildman–Crippen LogP) is 3.47. The number of aliphatic imine (C=N–C) groups is 1. The van der Waals surface area contributed by atoms with Crippen LogP contribution in [-0.2, 0) is 0 Å². The lowest BCUT2D eigenvalue weighted by molar-refractivity contribution is 0.317. The Morgan fingerprint density at radius 1 is 1.24 bits per heavy atom. The molecule has 0 unspecified atom stereocenters. The monoisotopic (exact) mass is 232 g/mol. The van der Waals surface area contributed by atoms with Gasteiger partial charge in [-0.2, -0.15) is 0 Å². The zero-order valence-corrected chi connectivity index (χ0v) is 10.4. The summed E-state index contributed by atoms with van der Waals surface area (Å²) < 4.78 is 5.54. The molecule has 0 fully saturated rings. The van der Waals surface area contributed by atoms with E-state index in [1.807, 2.05) is 24.3 Å². The zero-order chi connectivity index (χ0) is 11.9. The first-order valence-electron chi connectivity index (χ1n) is 6.41. The summed E-state index contributed by atoms with van der Waals surface area (Å²) in [6.45, 7) is 3.84. The average Bonchev–Trinajstić information content (AvgIpc) is 2.39. The molecule has 0 bridgehead atoms. The second kappa shape index (κ2) is 6.28. The summed E-state index contributed by atoms with van der Waals surface area (Å²) in [4.78, 5) is 4.47. The first kappa shape index (κ1) is 12.0. The molecule has 0 amide bonds. The first-order valence-corrected chi connectivity index (χ1v) is 6.41. The molecular weight excluding hydrogens is 212 g/mol. The Morgan fingerprint density at radius 3 is 2.71 bits per heavy atom. The van der Waals surface area contributed by atoms with Gasteiger partial charge in [-0.3, -0.25) is 4.99 Å². The summed E-state index contributed by atoms with van der Waals surface area (Å²) in [5.74, 6) is 2.04. The summed E-state index contributed by atoms with van der Waals surface area (Å²) in [6.07, 6.45) is 4.56. The van der Waals surface area contributed by atoms with E-state index in [4.69, 9.17) is 4.74 Å². The zero-order valence-electron chi connectivity index (χ0n) is 10.4. The van der Waals surface area contributed by atoms with Crippen molar-refractivity contribution in [3.05, 3.63) is 24.3 Å². The van der Waals surface area contributed by atoms with Gasteiger partial charge in [-0.25, -0.2) is 0 Å². The summed E-state index contributed by atoms with van der Waals surface area (Å²) in [5.41, 5.74) is 1.09. The molecule has 0 aromatic heterocycles. The Morgan fingerprint density at radius 2 is 2.06 bits per heavy atom. The quantitative estimate of drug-likeness (QED) is 0.862.